The second-order valence-electron chi connectivity index (χ2n) is 4.09. The van der Waals surface area contributed by atoms with E-state index < -0.39 is 17.2 Å². The monoisotopic (exact) mass is 198 g/mol. The second kappa shape index (κ2) is 3.02. The number of aryl methyl sites for hydroxylation is 1. The highest BCUT2D eigenvalue weighted by Crippen LogP contribution is 2.38. The molecule has 1 fully saturated rings. The van der Waals surface area contributed by atoms with Crippen LogP contribution in [0.1, 0.15) is 24.0 Å². The smallest absolute Gasteiger partial charge is 0.129 e. The Morgan fingerprint density at radius 1 is 1.29 bits per heavy atom. The van der Waals surface area contributed by atoms with Crippen LogP contribution in [0.15, 0.2) is 12.1 Å². The van der Waals surface area contributed by atoms with Gasteiger partial charge in [-0.1, -0.05) is 6.07 Å². The minimum Gasteiger partial charge on any atom is -0.390 e. The first kappa shape index (κ1) is 9.59. The van der Waals surface area contributed by atoms with E-state index in [-0.39, 0.29) is 0 Å². The van der Waals surface area contributed by atoms with Crippen LogP contribution in [0.2, 0.25) is 0 Å². The summed E-state index contributed by atoms with van der Waals surface area (Å²) in [5.74, 6) is -1.09. The minimum absolute atomic E-state index is 0.292. The van der Waals surface area contributed by atoms with E-state index in [0.717, 1.165) is 6.07 Å². The fourth-order valence-corrected chi connectivity index (χ4v) is 1.53. The molecule has 1 N–H and O–H groups in total. The molecule has 0 aromatic heterocycles. The van der Waals surface area contributed by atoms with Gasteiger partial charge < -0.3 is 5.11 Å². The van der Waals surface area contributed by atoms with Crippen molar-refractivity contribution in [1.29, 1.82) is 0 Å². The predicted molar refractivity (Wildman–Crippen MR) is 49.0 cm³/mol. The van der Waals surface area contributed by atoms with E-state index in [1.165, 1.54) is 6.07 Å². The summed E-state index contributed by atoms with van der Waals surface area (Å²) in [4.78, 5) is 0. The molecule has 0 bridgehead atoms. The van der Waals surface area contributed by atoms with Crippen LogP contribution in [0.3, 0.4) is 0 Å². The summed E-state index contributed by atoms with van der Waals surface area (Å²) in [6.45, 7) is 1.59. The van der Waals surface area contributed by atoms with E-state index >= 15 is 0 Å². The zero-order chi connectivity index (χ0) is 10.3. The molecule has 1 aliphatic carbocycles. The van der Waals surface area contributed by atoms with Gasteiger partial charge >= 0.3 is 0 Å². The lowest BCUT2D eigenvalue weighted by atomic mass is 10.0. The standard InChI is InChI=1S/C11H12F2O/c1-7-4-8(6-11(14)2-3-11)10(13)5-9(7)12/h4-5,14H,2-3,6H2,1H3. The largest absolute Gasteiger partial charge is 0.390 e. The molecule has 0 heterocycles. The Morgan fingerprint density at radius 3 is 2.50 bits per heavy atom. The van der Waals surface area contributed by atoms with Gasteiger partial charge in [0, 0.05) is 12.5 Å². The SMILES string of the molecule is Cc1cc(CC2(O)CC2)c(F)cc1F. The summed E-state index contributed by atoms with van der Waals surface area (Å²) >= 11 is 0. The molecule has 0 spiro atoms. The summed E-state index contributed by atoms with van der Waals surface area (Å²) in [6, 6.07) is 2.36. The Morgan fingerprint density at radius 2 is 1.93 bits per heavy atom. The van der Waals surface area contributed by atoms with Gasteiger partial charge in [-0.25, -0.2) is 8.78 Å². The molecule has 1 aliphatic rings. The molecule has 76 valence electrons. The molecule has 0 atom stereocenters. The highest BCUT2D eigenvalue weighted by molar-refractivity contribution is 5.28. The van der Waals surface area contributed by atoms with Crippen molar-refractivity contribution in [3.05, 3.63) is 34.9 Å². The molecule has 0 radical (unpaired) electrons. The van der Waals surface area contributed by atoms with Crippen LogP contribution in [-0.2, 0) is 6.42 Å². The Kier molecular flexibility index (Phi) is 2.07. The Bertz CT molecular complexity index is 370. The van der Waals surface area contributed by atoms with Gasteiger partial charge in [-0.05, 0) is 30.9 Å². The van der Waals surface area contributed by atoms with E-state index in [4.69, 9.17) is 0 Å². The number of hydrogen-bond donors (Lipinski definition) is 1. The Hall–Kier alpha value is -0.960. The van der Waals surface area contributed by atoms with Gasteiger partial charge in [0.25, 0.3) is 0 Å². The number of aliphatic hydroxyl groups is 1. The van der Waals surface area contributed by atoms with Crippen LogP contribution in [0, 0.1) is 18.6 Å². The molecule has 0 unspecified atom stereocenters. The van der Waals surface area contributed by atoms with Gasteiger partial charge in [-0.15, -0.1) is 0 Å². The predicted octanol–water partition coefficient (Wildman–Crippen LogP) is 2.34. The van der Waals surface area contributed by atoms with Gasteiger partial charge in [-0.2, -0.15) is 0 Å². The van der Waals surface area contributed by atoms with Crippen LogP contribution < -0.4 is 0 Å². The summed E-state index contributed by atoms with van der Waals surface area (Å²) < 4.78 is 26.1. The van der Waals surface area contributed by atoms with Crippen molar-refractivity contribution in [2.45, 2.75) is 31.8 Å². The van der Waals surface area contributed by atoms with Crippen molar-refractivity contribution in [2.24, 2.45) is 0 Å². The van der Waals surface area contributed by atoms with E-state index in [0.29, 0.717) is 30.4 Å². The molecular weight excluding hydrogens is 186 g/mol. The van der Waals surface area contributed by atoms with Crippen molar-refractivity contribution < 1.29 is 13.9 Å². The van der Waals surface area contributed by atoms with Crippen molar-refractivity contribution in [3.63, 3.8) is 0 Å². The van der Waals surface area contributed by atoms with Crippen LogP contribution in [0.4, 0.5) is 8.78 Å². The number of hydrogen-bond acceptors (Lipinski definition) is 1. The van der Waals surface area contributed by atoms with E-state index in [1.54, 1.807) is 6.92 Å². The first-order chi connectivity index (χ1) is 6.50. The van der Waals surface area contributed by atoms with E-state index in [1.807, 2.05) is 0 Å². The van der Waals surface area contributed by atoms with Crippen LogP contribution in [-0.4, -0.2) is 10.7 Å². The third-order valence-corrected chi connectivity index (χ3v) is 2.67. The number of rotatable bonds is 2. The topological polar surface area (TPSA) is 20.2 Å². The minimum atomic E-state index is -0.731. The average molecular weight is 198 g/mol. The first-order valence-electron chi connectivity index (χ1n) is 4.67. The van der Waals surface area contributed by atoms with Crippen molar-refractivity contribution >= 4 is 0 Å². The van der Waals surface area contributed by atoms with Crippen LogP contribution in [0.25, 0.3) is 0 Å². The van der Waals surface area contributed by atoms with Crippen LogP contribution >= 0.6 is 0 Å². The van der Waals surface area contributed by atoms with Gasteiger partial charge in [0.15, 0.2) is 0 Å². The lowest BCUT2D eigenvalue weighted by Crippen LogP contribution is -2.12. The molecule has 0 saturated heterocycles. The number of halogens is 2. The van der Waals surface area contributed by atoms with E-state index in [9.17, 15) is 13.9 Å². The molecule has 14 heavy (non-hydrogen) atoms. The molecule has 1 nitrogen and oxygen atoms in total. The normalized spacial score (nSPS) is 18.3. The molecule has 0 aliphatic heterocycles. The number of benzene rings is 1. The first-order valence-corrected chi connectivity index (χ1v) is 4.67. The van der Waals surface area contributed by atoms with Crippen molar-refractivity contribution in [2.75, 3.05) is 0 Å². The third kappa shape index (κ3) is 1.77. The molecule has 0 amide bonds. The van der Waals surface area contributed by atoms with Gasteiger partial charge in [0.1, 0.15) is 11.6 Å². The lowest BCUT2D eigenvalue weighted by molar-refractivity contribution is 0.149. The Labute approximate surface area is 81.4 Å². The van der Waals surface area contributed by atoms with Crippen LogP contribution in [0.5, 0.6) is 0 Å². The van der Waals surface area contributed by atoms with Crippen molar-refractivity contribution in [1.82, 2.24) is 0 Å². The van der Waals surface area contributed by atoms with Gasteiger partial charge in [0.05, 0.1) is 5.60 Å². The molecule has 1 aromatic carbocycles. The fourth-order valence-electron chi connectivity index (χ4n) is 1.53. The fraction of sp³-hybridized carbons (Fsp3) is 0.455. The maximum Gasteiger partial charge on any atom is 0.129 e. The second-order valence-corrected chi connectivity index (χ2v) is 4.09. The maximum atomic E-state index is 13.2. The van der Waals surface area contributed by atoms with Gasteiger partial charge in [-0.3, -0.25) is 0 Å². The highest BCUT2D eigenvalue weighted by atomic mass is 19.1. The van der Waals surface area contributed by atoms with Gasteiger partial charge in [0.2, 0.25) is 0 Å². The summed E-state index contributed by atoms with van der Waals surface area (Å²) in [7, 11) is 0. The highest BCUT2D eigenvalue weighted by Gasteiger charge is 2.40. The lowest BCUT2D eigenvalue weighted by Gasteiger charge is -2.09. The quantitative estimate of drug-likeness (QED) is 0.773. The average Bonchev–Trinajstić information content (AvgIpc) is 2.80. The maximum absolute atomic E-state index is 13.2. The molecule has 3 heteroatoms. The Balaban J connectivity index is 2.29. The summed E-state index contributed by atoms with van der Waals surface area (Å²) in [5, 5.41) is 9.61. The summed E-state index contributed by atoms with van der Waals surface area (Å²) in [5.41, 5.74) is 0.0972. The van der Waals surface area contributed by atoms with Crippen molar-refractivity contribution in [3.8, 4) is 0 Å². The van der Waals surface area contributed by atoms with E-state index in [2.05, 4.69) is 0 Å². The zero-order valence-corrected chi connectivity index (χ0v) is 7.98. The molecule has 1 aromatic rings. The molecule has 1 saturated carbocycles. The third-order valence-electron chi connectivity index (χ3n) is 2.67. The molecule has 2 rings (SSSR count). The zero-order valence-electron chi connectivity index (χ0n) is 7.98. The molecular formula is C11H12F2O. The summed E-state index contributed by atoms with van der Waals surface area (Å²) in [6.07, 6.45) is 1.71.